The molecule has 4 atom stereocenters. The van der Waals surface area contributed by atoms with Crippen LogP contribution >= 0.6 is 0 Å². The second kappa shape index (κ2) is 6.52. The van der Waals surface area contributed by atoms with Gasteiger partial charge in [0.15, 0.2) is 9.73 Å². The van der Waals surface area contributed by atoms with Crippen molar-refractivity contribution in [2.75, 3.05) is 0 Å². The van der Waals surface area contributed by atoms with Crippen LogP contribution in [0.1, 0.15) is 12.0 Å². The Labute approximate surface area is 155 Å². The number of hydrogen-bond donors (Lipinski definition) is 2. The molecular formula is C16H12F5N3O3S. The largest absolute Gasteiger partial charge is 0.483 e. The van der Waals surface area contributed by atoms with Crippen molar-refractivity contribution in [3.05, 3.63) is 46.8 Å². The van der Waals surface area contributed by atoms with Gasteiger partial charge in [-0.15, -0.1) is 0 Å². The van der Waals surface area contributed by atoms with Gasteiger partial charge in [-0.1, -0.05) is 0 Å². The Bertz CT molecular complexity index is 1010. The van der Waals surface area contributed by atoms with Crippen molar-refractivity contribution in [1.29, 1.82) is 10.0 Å². The van der Waals surface area contributed by atoms with Crippen molar-refractivity contribution in [3.8, 4) is 11.8 Å². The van der Waals surface area contributed by atoms with Crippen molar-refractivity contribution >= 4 is 9.73 Å². The molecule has 0 spiro atoms. The van der Waals surface area contributed by atoms with Crippen molar-refractivity contribution < 1.29 is 36.0 Å². The second-order valence-corrected chi connectivity index (χ2v) is 8.35. The highest BCUT2D eigenvalue weighted by molar-refractivity contribution is 7.97. The van der Waals surface area contributed by atoms with Crippen LogP contribution in [-0.4, -0.2) is 31.8 Å². The van der Waals surface area contributed by atoms with E-state index in [1.807, 2.05) is 0 Å². The lowest BCUT2D eigenvalue weighted by Gasteiger charge is -2.30. The minimum atomic E-state index is -5.49. The summed E-state index contributed by atoms with van der Waals surface area (Å²) < 4.78 is 92.0. The Morgan fingerprint density at radius 1 is 1.36 bits per heavy atom. The van der Waals surface area contributed by atoms with Gasteiger partial charge in [-0.3, -0.25) is 4.98 Å². The quantitative estimate of drug-likeness (QED) is 0.729. The number of nitrogens with zero attached hydrogens (tertiary/aromatic N) is 2. The molecule has 0 radical (unpaired) electrons. The summed E-state index contributed by atoms with van der Waals surface area (Å²) in [5.41, 5.74) is -5.39. The van der Waals surface area contributed by atoms with E-state index in [1.165, 1.54) is 18.5 Å². The Balaban J connectivity index is 2.07. The van der Waals surface area contributed by atoms with Gasteiger partial charge in [0, 0.05) is 35.4 Å². The fourth-order valence-corrected chi connectivity index (χ4v) is 4.46. The molecule has 6 nitrogen and oxygen atoms in total. The third kappa shape index (κ3) is 3.24. The Kier molecular flexibility index (Phi) is 4.71. The summed E-state index contributed by atoms with van der Waals surface area (Å²) in [6.45, 7) is 0. The number of rotatable bonds is 3. The molecule has 0 saturated heterocycles. The van der Waals surface area contributed by atoms with Gasteiger partial charge in [0.2, 0.25) is 0 Å². The summed E-state index contributed by atoms with van der Waals surface area (Å²) in [5, 5.41) is 18.8. The van der Waals surface area contributed by atoms with Crippen LogP contribution in [0.4, 0.5) is 22.0 Å². The third-order valence-electron chi connectivity index (χ3n) is 4.54. The van der Waals surface area contributed by atoms with Gasteiger partial charge >= 0.3 is 5.51 Å². The highest BCUT2D eigenvalue weighted by Crippen LogP contribution is 2.53. The number of allylic oxidation sites excluding steroid dienone is 3. The lowest BCUT2D eigenvalue weighted by molar-refractivity contribution is -0.0940. The van der Waals surface area contributed by atoms with Crippen LogP contribution in [0.2, 0.25) is 0 Å². The molecule has 0 bridgehead atoms. The van der Waals surface area contributed by atoms with Crippen LogP contribution in [0, 0.1) is 27.9 Å². The number of nitriles is 1. The van der Waals surface area contributed by atoms with E-state index in [0.29, 0.717) is 6.08 Å². The van der Waals surface area contributed by atoms with Gasteiger partial charge in [0.05, 0.1) is 11.8 Å². The number of hydrogen-bond acceptors (Lipinski definition) is 6. The zero-order chi connectivity index (χ0) is 20.9. The number of alkyl halides is 5. The first-order chi connectivity index (χ1) is 12.9. The predicted molar refractivity (Wildman–Crippen MR) is 85.2 cm³/mol. The molecule has 1 saturated carbocycles. The van der Waals surface area contributed by atoms with Gasteiger partial charge in [-0.05, 0) is 12.2 Å². The number of aromatic nitrogens is 1. The smallest absolute Gasteiger partial charge is 0.460 e. The molecule has 2 aliphatic carbocycles. The Hall–Kier alpha value is -2.52. The molecule has 1 fully saturated rings. The predicted octanol–water partition coefficient (Wildman–Crippen LogP) is 3.31. The zero-order valence-corrected chi connectivity index (χ0v) is 14.6. The molecular weight excluding hydrogens is 409 g/mol. The summed E-state index contributed by atoms with van der Waals surface area (Å²) in [6, 6.07) is 3.04. The van der Waals surface area contributed by atoms with E-state index < -0.39 is 50.4 Å². The maximum atomic E-state index is 14.1. The SMILES string of the molecule is N#Cc1cncc(OC2=CC=C(S(=N)(=O)C(F)(F)F)C3C2CC(F)(F)[C@H]3O)c1. The van der Waals surface area contributed by atoms with Gasteiger partial charge in [0.1, 0.15) is 23.7 Å². The summed E-state index contributed by atoms with van der Waals surface area (Å²) >= 11 is 0. The van der Waals surface area contributed by atoms with E-state index in [0.717, 1.165) is 6.08 Å². The molecule has 1 aromatic heterocycles. The monoisotopic (exact) mass is 421 g/mol. The average Bonchev–Trinajstić information content (AvgIpc) is 2.85. The maximum absolute atomic E-state index is 14.1. The van der Waals surface area contributed by atoms with E-state index in [2.05, 4.69) is 4.98 Å². The molecule has 150 valence electrons. The average molecular weight is 421 g/mol. The van der Waals surface area contributed by atoms with Crippen molar-refractivity contribution in [2.45, 2.75) is 24.0 Å². The van der Waals surface area contributed by atoms with Crippen LogP contribution in [0.25, 0.3) is 0 Å². The molecule has 0 amide bonds. The summed E-state index contributed by atoms with van der Waals surface area (Å²) in [4.78, 5) is 2.60. The van der Waals surface area contributed by atoms with E-state index in [1.54, 1.807) is 6.07 Å². The molecule has 1 heterocycles. The van der Waals surface area contributed by atoms with E-state index in [4.69, 9.17) is 14.8 Å². The normalized spacial score (nSPS) is 28.4. The highest BCUT2D eigenvalue weighted by atomic mass is 32.2. The van der Waals surface area contributed by atoms with Crippen LogP contribution in [0.15, 0.2) is 41.3 Å². The number of aliphatic hydroxyl groups excluding tert-OH is 1. The Morgan fingerprint density at radius 2 is 2.04 bits per heavy atom. The molecule has 1 aromatic rings. The minimum Gasteiger partial charge on any atom is -0.460 e. The third-order valence-corrected chi connectivity index (χ3v) is 6.26. The molecule has 3 rings (SSSR count). The maximum Gasteiger partial charge on any atom is 0.483 e. The number of halogens is 5. The lowest BCUT2D eigenvalue weighted by atomic mass is 9.88. The van der Waals surface area contributed by atoms with E-state index in [-0.39, 0.29) is 17.1 Å². The molecule has 3 unspecified atom stereocenters. The molecule has 2 aliphatic rings. The molecule has 0 aliphatic heterocycles. The van der Waals surface area contributed by atoms with Crippen LogP contribution in [-0.2, 0) is 9.73 Å². The summed E-state index contributed by atoms with van der Waals surface area (Å²) in [6.07, 6.45) is 0.321. The van der Waals surface area contributed by atoms with Crippen molar-refractivity contribution in [3.63, 3.8) is 0 Å². The Morgan fingerprint density at radius 3 is 2.64 bits per heavy atom. The van der Waals surface area contributed by atoms with E-state index >= 15 is 0 Å². The van der Waals surface area contributed by atoms with Crippen molar-refractivity contribution in [2.24, 2.45) is 11.8 Å². The number of pyridine rings is 1. The summed E-state index contributed by atoms with van der Waals surface area (Å²) in [7, 11) is -5.43. The fraction of sp³-hybridized carbons (Fsp3) is 0.375. The highest BCUT2D eigenvalue weighted by Gasteiger charge is 2.61. The first kappa shape index (κ1) is 20.2. The molecule has 28 heavy (non-hydrogen) atoms. The first-order valence-electron chi connectivity index (χ1n) is 7.74. The summed E-state index contributed by atoms with van der Waals surface area (Å²) in [5.74, 6) is -7.35. The first-order valence-corrected chi connectivity index (χ1v) is 9.30. The fourth-order valence-electron chi connectivity index (χ4n) is 3.26. The standard InChI is InChI=1S/C16H12F5N3O3S/c17-15(18)4-10-11(27-9-3-8(5-22)6-24-7-9)1-2-12(13(10)14(15)25)28(23,26)16(19,20)21/h1-3,6-7,10,13-14,23,25H,4H2/t10?,13?,14-,28?/m0/s1. The van der Waals surface area contributed by atoms with Crippen LogP contribution in [0.5, 0.6) is 5.75 Å². The van der Waals surface area contributed by atoms with Crippen LogP contribution < -0.4 is 4.74 Å². The van der Waals surface area contributed by atoms with E-state index in [9.17, 15) is 31.3 Å². The van der Waals surface area contributed by atoms with Gasteiger partial charge in [-0.25, -0.2) is 17.8 Å². The number of nitrogens with one attached hydrogen (secondary N) is 1. The molecule has 12 heteroatoms. The molecule has 2 N–H and O–H groups in total. The zero-order valence-electron chi connectivity index (χ0n) is 13.8. The van der Waals surface area contributed by atoms with Gasteiger partial charge in [0.25, 0.3) is 5.92 Å². The molecule has 0 aromatic carbocycles. The number of fused-ring (bicyclic) bond motifs is 1. The van der Waals surface area contributed by atoms with Gasteiger partial charge < -0.3 is 9.84 Å². The lowest BCUT2D eigenvalue weighted by Crippen LogP contribution is -2.38. The van der Waals surface area contributed by atoms with Crippen molar-refractivity contribution in [1.82, 2.24) is 4.98 Å². The minimum absolute atomic E-state index is 0.0203. The number of aliphatic hydroxyl groups is 1. The second-order valence-electron chi connectivity index (χ2n) is 6.31. The van der Waals surface area contributed by atoms with Crippen LogP contribution in [0.3, 0.4) is 0 Å². The van der Waals surface area contributed by atoms with Gasteiger partial charge in [-0.2, -0.15) is 18.4 Å². The number of ether oxygens (including phenoxy) is 1. The topological polar surface area (TPSA) is 107 Å².